The van der Waals surface area contributed by atoms with Gasteiger partial charge >= 0.3 is 0 Å². The molecule has 2 aliphatic heterocycles. The van der Waals surface area contributed by atoms with Crippen LogP contribution >= 0.6 is 0 Å². The number of rotatable bonds is 5. The van der Waals surface area contributed by atoms with Crippen molar-refractivity contribution >= 4 is 23.2 Å². The summed E-state index contributed by atoms with van der Waals surface area (Å²) in [5.74, 6) is 0.677. The van der Waals surface area contributed by atoms with Crippen molar-refractivity contribution in [1.82, 2.24) is 4.90 Å². The molecular weight excluding hydrogens is 421 g/mol. The molecule has 0 radical (unpaired) electrons. The quantitative estimate of drug-likeness (QED) is 0.554. The molecule has 2 aliphatic rings. The third-order valence-corrected chi connectivity index (χ3v) is 6.14. The molecule has 1 atom stereocenters. The van der Waals surface area contributed by atoms with Crippen molar-refractivity contribution in [3.63, 3.8) is 0 Å². The minimum Gasteiger partial charge on any atom is -0.457 e. The molecule has 2 saturated heterocycles. The van der Waals surface area contributed by atoms with Crippen LogP contribution in [-0.2, 0) is 9.59 Å². The van der Waals surface area contributed by atoms with Crippen molar-refractivity contribution in [2.24, 2.45) is 0 Å². The van der Waals surface area contributed by atoms with Gasteiger partial charge in [0, 0.05) is 26.2 Å². The zero-order valence-corrected chi connectivity index (χ0v) is 18.1. The summed E-state index contributed by atoms with van der Waals surface area (Å²) in [6.07, 6.45) is 0.154. The van der Waals surface area contributed by atoms with Crippen LogP contribution in [-0.4, -0.2) is 48.9 Å². The van der Waals surface area contributed by atoms with Crippen LogP contribution in [0.1, 0.15) is 6.42 Å². The number of carbonyl (C=O) groups is 2. The first-order valence-electron chi connectivity index (χ1n) is 11.0. The molecule has 0 spiro atoms. The second-order valence-electron chi connectivity index (χ2n) is 8.17. The van der Waals surface area contributed by atoms with Crippen molar-refractivity contribution in [2.75, 3.05) is 36.0 Å². The number of para-hydroxylation sites is 2. The van der Waals surface area contributed by atoms with E-state index in [2.05, 4.69) is 0 Å². The first kappa shape index (κ1) is 21.2. The summed E-state index contributed by atoms with van der Waals surface area (Å²) in [7, 11) is 0. The van der Waals surface area contributed by atoms with Gasteiger partial charge in [0.1, 0.15) is 17.3 Å². The van der Waals surface area contributed by atoms with Crippen LogP contribution in [0.15, 0.2) is 78.9 Å². The highest BCUT2D eigenvalue weighted by Crippen LogP contribution is 2.30. The monoisotopic (exact) mass is 445 g/mol. The van der Waals surface area contributed by atoms with E-state index in [1.54, 1.807) is 36.4 Å². The lowest BCUT2D eigenvalue weighted by molar-refractivity contribution is -0.123. The minimum absolute atomic E-state index is 0.154. The Morgan fingerprint density at radius 2 is 1.39 bits per heavy atom. The SMILES string of the molecule is O=C1CC(N2CCN(c3ccccc3F)CC2)C(=O)N1c1ccc(Oc2ccccc2)cc1. The number of anilines is 2. The van der Waals surface area contributed by atoms with E-state index in [1.807, 2.05) is 46.2 Å². The Bertz CT molecular complexity index is 1140. The average Bonchev–Trinajstić information content (AvgIpc) is 3.14. The van der Waals surface area contributed by atoms with Gasteiger partial charge in [0.15, 0.2) is 0 Å². The van der Waals surface area contributed by atoms with E-state index in [0.29, 0.717) is 49.1 Å². The number of piperazine rings is 1. The summed E-state index contributed by atoms with van der Waals surface area (Å²) in [5, 5.41) is 0. The Labute approximate surface area is 191 Å². The highest BCUT2D eigenvalue weighted by molar-refractivity contribution is 6.22. The second-order valence-corrected chi connectivity index (χ2v) is 8.17. The Morgan fingerprint density at radius 3 is 2.09 bits per heavy atom. The Kier molecular flexibility index (Phi) is 5.79. The molecule has 33 heavy (non-hydrogen) atoms. The lowest BCUT2D eigenvalue weighted by Gasteiger charge is -2.38. The van der Waals surface area contributed by atoms with Gasteiger partial charge in [-0.2, -0.15) is 0 Å². The van der Waals surface area contributed by atoms with Gasteiger partial charge < -0.3 is 9.64 Å². The van der Waals surface area contributed by atoms with E-state index in [1.165, 1.54) is 11.0 Å². The standard InChI is InChI=1S/C26H24FN3O3/c27-22-8-4-5-9-23(22)28-14-16-29(17-15-28)24-18-25(31)30(26(24)32)19-10-12-21(13-11-19)33-20-6-2-1-3-7-20/h1-13,24H,14-18H2. The van der Waals surface area contributed by atoms with E-state index in [4.69, 9.17) is 4.74 Å². The molecule has 5 rings (SSSR count). The zero-order valence-electron chi connectivity index (χ0n) is 18.1. The first-order chi connectivity index (χ1) is 16.1. The number of benzene rings is 3. The van der Waals surface area contributed by atoms with Crippen molar-refractivity contribution in [3.05, 3.63) is 84.7 Å². The molecule has 0 N–H and O–H groups in total. The lowest BCUT2D eigenvalue weighted by Crippen LogP contribution is -2.52. The predicted octanol–water partition coefficient (Wildman–Crippen LogP) is 4.07. The number of carbonyl (C=O) groups excluding carboxylic acids is 2. The molecule has 0 aromatic heterocycles. The van der Waals surface area contributed by atoms with Crippen molar-refractivity contribution in [3.8, 4) is 11.5 Å². The van der Waals surface area contributed by atoms with Gasteiger partial charge in [-0.3, -0.25) is 14.5 Å². The maximum atomic E-state index is 14.1. The molecule has 6 nitrogen and oxygen atoms in total. The van der Waals surface area contributed by atoms with Crippen LogP contribution in [0.2, 0.25) is 0 Å². The van der Waals surface area contributed by atoms with Gasteiger partial charge in [-0.15, -0.1) is 0 Å². The normalized spacial score (nSPS) is 19.2. The number of amides is 2. The second kappa shape index (κ2) is 9.03. The maximum Gasteiger partial charge on any atom is 0.251 e. The molecular formula is C26H24FN3O3. The van der Waals surface area contributed by atoms with Crippen LogP contribution in [0.5, 0.6) is 11.5 Å². The summed E-state index contributed by atoms with van der Waals surface area (Å²) in [4.78, 5) is 31.2. The molecule has 3 aromatic rings. The number of hydrogen-bond acceptors (Lipinski definition) is 5. The summed E-state index contributed by atoms with van der Waals surface area (Å²) in [5.41, 5.74) is 1.11. The predicted molar refractivity (Wildman–Crippen MR) is 124 cm³/mol. The fourth-order valence-corrected chi connectivity index (χ4v) is 4.44. The third kappa shape index (κ3) is 4.32. The summed E-state index contributed by atoms with van der Waals surface area (Å²) in [6, 6.07) is 22.6. The number of hydrogen-bond donors (Lipinski definition) is 0. The fourth-order valence-electron chi connectivity index (χ4n) is 4.44. The van der Waals surface area contributed by atoms with E-state index in [9.17, 15) is 14.0 Å². The molecule has 2 fully saturated rings. The molecule has 0 bridgehead atoms. The summed E-state index contributed by atoms with van der Waals surface area (Å²) in [6.45, 7) is 2.39. The Hall–Kier alpha value is -3.71. The smallest absolute Gasteiger partial charge is 0.251 e. The van der Waals surface area contributed by atoms with Gasteiger partial charge in [-0.25, -0.2) is 9.29 Å². The van der Waals surface area contributed by atoms with E-state index in [-0.39, 0.29) is 24.1 Å². The molecule has 2 amide bonds. The average molecular weight is 445 g/mol. The molecule has 7 heteroatoms. The lowest BCUT2D eigenvalue weighted by atomic mass is 10.1. The van der Waals surface area contributed by atoms with Gasteiger partial charge in [-0.1, -0.05) is 30.3 Å². The van der Waals surface area contributed by atoms with E-state index in [0.717, 1.165) is 0 Å². The molecule has 1 unspecified atom stereocenters. The molecule has 3 aromatic carbocycles. The van der Waals surface area contributed by atoms with E-state index >= 15 is 0 Å². The van der Waals surface area contributed by atoms with Crippen molar-refractivity contribution < 1.29 is 18.7 Å². The number of imide groups is 1. The van der Waals surface area contributed by atoms with Gasteiger partial charge in [-0.05, 0) is 48.5 Å². The van der Waals surface area contributed by atoms with Crippen LogP contribution in [0.4, 0.5) is 15.8 Å². The third-order valence-electron chi connectivity index (χ3n) is 6.14. The van der Waals surface area contributed by atoms with E-state index < -0.39 is 6.04 Å². The van der Waals surface area contributed by atoms with Crippen LogP contribution in [0.25, 0.3) is 0 Å². The van der Waals surface area contributed by atoms with Crippen LogP contribution < -0.4 is 14.5 Å². The molecule has 0 aliphatic carbocycles. The maximum absolute atomic E-state index is 14.1. The summed E-state index contributed by atoms with van der Waals surface area (Å²) >= 11 is 0. The number of ether oxygens (including phenoxy) is 1. The number of halogens is 1. The van der Waals surface area contributed by atoms with Crippen LogP contribution in [0, 0.1) is 5.82 Å². The Morgan fingerprint density at radius 1 is 0.758 bits per heavy atom. The van der Waals surface area contributed by atoms with Gasteiger partial charge in [0.05, 0.1) is 23.8 Å². The Balaban J connectivity index is 1.24. The number of nitrogens with zero attached hydrogens (tertiary/aromatic N) is 3. The highest BCUT2D eigenvalue weighted by atomic mass is 19.1. The molecule has 0 saturated carbocycles. The minimum atomic E-state index is -0.486. The zero-order chi connectivity index (χ0) is 22.8. The van der Waals surface area contributed by atoms with Gasteiger partial charge in [0.25, 0.3) is 5.91 Å². The van der Waals surface area contributed by atoms with Crippen molar-refractivity contribution in [1.29, 1.82) is 0 Å². The van der Waals surface area contributed by atoms with Crippen molar-refractivity contribution in [2.45, 2.75) is 12.5 Å². The molecule has 2 heterocycles. The molecule has 168 valence electrons. The fraction of sp³-hybridized carbons (Fsp3) is 0.231. The summed E-state index contributed by atoms with van der Waals surface area (Å²) < 4.78 is 19.9. The first-order valence-corrected chi connectivity index (χ1v) is 11.0. The van der Waals surface area contributed by atoms with Crippen LogP contribution in [0.3, 0.4) is 0 Å². The van der Waals surface area contributed by atoms with Gasteiger partial charge in [0.2, 0.25) is 5.91 Å². The largest absolute Gasteiger partial charge is 0.457 e. The topological polar surface area (TPSA) is 53.1 Å². The highest BCUT2D eigenvalue weighted by Gasteiger charge is 2.43.